The molecule has 0 aliphatic heterocycles. The first kappa shape index (κ1) is 25.5. The topological polar surface area (TPSA) is 51.8 Å². The molecule has 4 heterocycles. The first-order chi connectivity index (χ1) is 18.2. The molecule has 0 saturated carbocycles. The van der Waals surface area contributed by atoms with E-state index >= 15 is 0 Å². The zero-order valence-corrected chi connectivity index (χ0v) is 23.3. The molecular weight excluding hydrogens is 647 g/mol. The monoisotopic (exact) mass is 670 g/mol. The van der Waals surface area contributed by atoms with Crippen molar-refractivity contribution >= 4 is 32.7 Å². The number of nitrogens with zero attached hydrogens (tertiary/aromatic N) is 3. The normalized spacial score (nSPS) is 10.7. The van der Waals surface area contributed by atoms with E-state index in [0.717, 1.165) is 60.8 Å². The molecule has 1 radical (unpaired) electrons. The Bertz CT molecular complexity index is 1830. The van der Waals surface area contributed by atoms with Crippen LogP contribution >= 0.6 is 0 Å². The molecule has 0 amide bonds. The molecule has 3 aromatic carbocycles. The van der Waals surface area contributed by atoms with E-state index in [2.05, 4.69) is 51.4 Å². The predicted octanol–water partition coefficient (Wildman–Crippen LogP) is 8.16. The number of aromatic nitrogens is 3. The number of pyridine rings is 3. The van der Waals surface area contributed by atoms with Crippen LogP contribution < -0.4 is 0 Å². The molecule has 0 N–H and O–H groups in total. The van der Waals surface area contributed by atoms with Crippen molar-refractivity contribution in [3.8, 4) is 22.5 Å². The van der Waals surface area contributed by atoms with Gasteiger partial charge in [-0.1, -0.05) is 47.3 Å². The number of aryl methyl sites for hydroxylation is 2. The van der Waals surface area contributed by atoms with Gasteiger partial charge in [-0.05, 0) is 42.4 Å². The van der Waals surface area contributed by atoms with Crippen LogP contribution in [0.2, 0.25) is 0 Å². The summed E-state index contributed by atoms with van der Waals surface area (Å²) in [5.74, 6) is 0. The average molecular weight is 670 g/mol. The number of hydrogen-bond donors (Lipinski definition) is 0. The molecule has 38 heavy (non-hydrogen) atoms. The quantitative estimate of drug-likeness (QED) is 0.174. The molecule has 4 nitrogen and oxygen atoms in total. The second kappa shape index (κ2) is 11.1. The van der Waals surface area contributed by atoms with Crippen LogP contribution in [-0.2, 0) is 20.1 Å². The van der Waals surface area contributed by atoms with Crippen molar-refractivity contribution < 1.29 is 24.5 Å². The summed E-state index contributed by atoms with van der Waals surface area (Å²) in [4.78, 5) is 13.0. The average Bonchev–Trinajstić information content (AvgIpc) is 3.34. The Morgan fingerprint density at radius 1 is 0.632 bits per heavy atom. The van der Waals surface area contributed by atoms with Gasteiger partial charge in [0.25, 0.3) is 0 Å². The SMILES string of the molecule is Cc1ccc(-c2[c-]ccc3c2oc2c4ccncc4ccc32)nc1.Cc1ccc(-c2[c-]cccc2)nc1.[Ir]. The Morgan fingerprint density at radius 3 is 2.11 bits per heavy atom. The number of furan rings is 1. The van der Waals surface area contributed by atoms with Gasteiger partial charge >= 0.3 is 0 Å². The third-order valence-corrected chi connectivity index (χ3v) is 6.28. The van der Waals surface area contributed by atoms with Crippen molar-refractivity contribution in [2.24, 2.45) is 0 Å². The van der Waals surface area contributed by atoms with Crippen molar-refractivity contribution in [1.82, 2.24) is 15.0 Å². The molecule has 0 fully saturated rings. The molecule has 5 heteroatoms. The standard InChI is InChI=1S/C21H13N2O.C12H10N.Ir/c1-13-5-8-19(23-11-13)18-4-2-3-16-17-7-6-14-12-22-10-9-15(14)20(17)24-21(16)18;1-10-7-8-12(13-9-10)11-5-3-2-4-6-11;/h2-3,5-12H,1H3;2-5,7-9H,1H3;/q2*-1;. The second-order valence-corrected chi connectivity index (χ2v) is 8.95. The van der Waals surface area contributed by atoms with Gasteiger partial charge in [0.1, 0.15) is 5.58 Å². The summed E-state index contributed by atoms with van der Waals surface area (Å²) in [6.07, 6.45) is 7.39. The summed E-state index contributed by atoms with van der Waals surface area (Å²) < 4.78 is 6.28. The maximum Gasteiger partial charge on any atom is 0.128 e. The fourth-order valence-electron chi connectivity index (χ4n) is 4.35. The fourth-order valence-corrected chi connectivity index (χ4v) is 4.35. The number of fused-ring (bicyclic) bond motifs is 5. The number of rotatable bonds is 2. The largest absolute Gasteiger partial charge is 0.500 e. The zero-order valence-electron chi connectivity index (χ0n) is 20.9. The van der Waals surface area contributed by atoms with E-state index in [1.807, 2.05) is 87.0 Å². The summed E-state index contributed by atoms with van der Waals surface area (Å²) in [5, 5.41) is 4.33. The van der Waals surface area contributed by atoms with Gasteiger partial charge < -0.3 is 14.4 Å². The summed E-state index contributed by atoms with van der Waals surface area (Å²) in [5.41, 5.74) is 7.82. The van der Waals surface area contributed by atoms with Crippen molar-refractivity contribution in [3.63, 3.8) is 0 Å². The maximum absolute atomic E-state index is 6.28. The van der Waals surface area contributed by atoms with Crippen molar-refractivity contribution in [2.45, 2.75) is 13.8 Å². The van der Waals surface area contributed by atoms with Crippen LogP contribution in [0.25, 0.3) is 55.2 Å². The Labute approximate surface area is 234 Å². The number of benzene rings is 3. The van der Waals surface area contributed by atoms with Gasteiger partial charge in [-0.2, -0.15) is 0 Å². The van der Waals surface area contributed by atoms with Crippen molar-refractivity contribution in [3.05, 3.63) is 127 Å². The number of hydrogen-bond acceptors (Lipinski definition) is 4. The van der Waals surface area contributed by atoms with Gasteiger partial charge in [0.05, 0.1) is 5.58 Å². The van der Waals surface area contributed by atoms with Crippen molar-refractivity contribution in [1.29, 1.82) is 0 Å². The van der Waals surface area contributed by atoms with Gasteiger partial charge in [-0.15, -0.1) is 54.1 Å². The molecule has 187 valence electrons. The Morgan fingerprint density at radius 2 is 1.39 bits per heavy atom. The van der Waals surface area contributed by atoms with Crippen LogP contribution in [0.5, 0.6) is 0 Å². The van der Waals surface area contributed by atoms with Crippen LogP contribution in [0.1, 0.15) is 11.1 Å². The van der Waals surface area contributed by atoms with Crippen LogP contribution in [-0.4, -0.2) is 15.0 Å². The summed E-state index contributed by atoms with van der Waals surface area (Å²) in [7, 11) is 0. The Kier molecular flexibility index (Phi) is 7.41. The van der Waals surface area contributed by atoms with Gasteiger partial charge in [0.15, 0.2) is 0 Å². The molecule has 0 atom stereocenters. The van der Waals surface area contributed by atoms with E-state index in [1.165, 1.54) is 5.56 Å². The minimum absolute atomic E-state index is 0. The third-order valence-electron chi connectivity index (χ3n) is 6.28. The molecule has 0 spiro atoms. The second-order valence-electron chi connectivity index (χ2n) is 8.95. The maximum atomic E-state index is 6.28. The minimum atomic E-state index is 0. The smallest absolute Gasteiger partial charge is 0.128 e. The third kappa shape index (κ3) is 4.99. The molecular formula is C33H23IrN3O-2. The molecule has 0 unspecified atom stereocenters. The van der Waals surface area contributed by atoms with E-state index < -0.39 is 0 Å². The van der Waals surface area contributed by atoms with Gasteiger partial charge in [-0.3, -0.25) is 4.98 Å². The summed E-state index contributed by atoms with van der Waals surface area (Å²) >= 11 is 0. The van der Waals surface area contributed by atoms with Crippen LogP contribution in [0.15, 0.2) is 108 Å². The minimum Gasteiger partial charge on any atom is -0.500 e. The predicted molar refractivity (Wildman–Crippen MR) is 149 cm³/mol. The van der Waals surface area contributed by atoms with Gasteiger partial charge in [-0.25, -0.2) is 0 Å². The molecule has 0 aliphatic rings. The molecule has 0 saturated heterocycles. The van der Waals surface area contributed by atoms with E-state index in [-0.39, 0.29) is 20.1 Å². The summed E-state index contributed by atoms with van der Waals surface area (Å²) in [6, 6.07) is 32.6. The van der Waals surface area contributed by atoms with E-state index in [9.17, 15) is 0 Å². The first-order valence-corrected chi connectivity index (χ1v) is 12.1. The molecule has 0 bridgehead atoms. The molecule has 0 aliphatic carbocycles. The Hall–Kier alpha value is -4.18. The fraction of sp³-hybridized carbons (Fsp3) is 0.0606. The van der Waals surface area contributed by atoms with Crippen molar-refractivity contribution in [2.75, 3.05) is 0 Å². The van der Waals surface area contributed by atoms with E-state index in [4.69, 9.17) is 4.42 Å². The van der Waals surface area contributed by atoms with Crippen LogP contribution in [0.4, 0.5) is 0 Å². The van der Waals surface area contributed by atoms with E-state index in [1.54, 1.807) is 6.20 Å². The molecule has 7 aromatic rings. The zero-order chi connectivity index (χ0) is 25.2. The summed E-state index contributed by atoms with van der Waals surface area (Å²) in [6.45, 7) is 4.06. The van der Waals surface area contributed by atoms with Gasteiger partial charge in [0, 0.05) is 61.1 Å². The Balaban J connectivity index is 0.000000179. The first-order valence-electron chi connectivity index (χ1n) is 12.1. The molecule has 7 rings (SSSR count). The van der Waals surface area contributed by atoms with Crippen LogP contribution in [0.3, 0.4) is 0 Å². The van der Waals surface area contributed by atoms with E-state index in [0.29, 0.717) is 0 Å². The van der Waals surface area contributed by atoms with Gasteiger partial charge in [0.2, 0.25) is 0 Å². The van der Waals surface area contributed by atoms with Crippen LogP contribution in [0, 0.1) is 26.0 Å². The molecule has 4 aromatic heterocycles.